The molecule has 1 unspecified atom stereocenters. The maximum Gasteiger partial charge on any atom is 0.260 e. The van der Waals surface area contributed by atoms with Gasteiger partial charge in [-0.05, 0) is 97.1 Å². The average molecular weight is 724 g/mol. The summed E-state index contributed by atoms with van der Waals surface area (Å²) in [6.07, 6.45) is 0.743. The van der Waals surface area contributed by atoms with Crippen molar-refractivity contribution in [3.63, 3.8) is 0 Å². The molecule has 10 heteroatoms. The minimum Gasteiger partial charge on any atom is -0.508 e. The number of anilines is 1. The molecule has 1 saturated heterocycles. The highest BCUT2D eigenvalue weighted by Crippen LogP contribution is 2.34. The molecule has 5 aromatic rings. The molecule has 10 nitrogen and oxygen atoms in total. The van der Waals surface area contributed by atoms with E-state index in [2.05, 4.69) is 29.2 Å². The summed E-state index contributed by atoms with van der Waals surface area (Å²) >= 11 is 0. The van der Waals surface area contributed by atoms with Crippen molar-refractivity contribution in [1.29, 1.82) is 5.26 Å². The molecule has 54 heavy (non-hydrogen) atoms. The quantitative estimate of drug-likeness (QED) is 0.182. The lowest BCUT2D eigenvalue weighted by Crippen LogP contribution is -2.52. The highest BCUT2D eigenvalue weighted by Gasteiger charge is 2.34. The Morgan fingerprint density at radius 1 is 0.944 bits per heavy atom. The molecule has 0 radical (unpaired) electrons. The van der Waals surface area contributed by atoms with Gasteiger partial charge in [0.05, 0.1) is 44.1 Å². The summed E-state index contributed by atoms with van der Waals surface area (Å²) in [6, 6.07) is 29.9. The number of amides is 2. The Labute approximate surface area is 316 Å². The van der Waals surface area contributed by atoms with Crippen LogP contribution in [-0.2, 0) is 31.3 Å². The van der Waals surface area contributed by atoms with Crippen LogP contribution in [0.2, 0.25) is 0 Å². The molecular formula is C44H45N5O5. The maximum absolute atomic E-state index is 14.9. The van der Waals surface area contributed by atoms with Gasteiger partial charge in [-0.3, -0.25) is 14.5 Å². The van der Waals surface area contributed by atoms with Crippen LogP contribution in [0.15, 0.2) is 91.0 Å². The normalized spacial score (nSPS) is 15.7. The molecule has 2 aliphatic heterocycles. The van der Waals surface area contributed by atoms with E-state index in [0.717, 1.165) is 48.5 Å². The minimum atomic E-state index is -0.246. The largest absolute Gasteiger partial charge is 0.508 e. The van der Waals surface area contributed by atoms with E-state index in [1.165, 1.54) is 5.56 Å². The van der Waals surface area contributed by atoms with Gasteiger partial charge in [0.15, 0.2) is 0 Å². The zero-order valence-electron chi connectivity index (χ0n) is 31.2. The van der Waals surface area contributed by atoms with Gasteiger partial charge in [0.25, 0.3) is 11.8 Å². The molecule has 2 aliphatic rings. The molecule has 1 N–H and O–H groups in total. The second-order valence-electron chi connectivity index (χ2n) is 14.1. The summed E-state index contributed by atoms with van der Waals surface area (Å²) in [4.78, 5) is 35.7. The van der Waals surface area contributed by atoms with E-state index in [-0.39, 0.29) is 30.2 Å². The van der Waals surface area contributed by atoms with Crippen LogP contribution < -0.4 is 9.64 Å². The number of carbonyl (C=O) groups is 2. The van der Waals surface area contributed by atoms with Gasteiger partial charge < -0.3 is 28.9 Å². The highest BCUT2D eigenvalue weighted by atomic mass is 16.5. The second kappa shape index (κ2) is 15.6. The molecule has 1 atom stereocenters. The molecule has 0 saturated carbocycles. The number of nitriles is 1. The Hall–Kier alpha value is -5.89. The monoisotopic (exact) mass is 723 g/mol. The molecule has 4 aromatic carbocycles. The first kappa shape index (κ1) is 36.5. The molecule has 1 aromatic heterocycles. The van der Waals surface area contributed by atoms with Crippen LogP contribution in [0.25, 0.3) is 11.3 Å². The van der Waals surface area contributed by atoms with Gasteiger partial charge in [0.1, 0.15) is 11.5 Å². The lowest BCUT2D eigenvalue weighted by Gasteiger charge is -2.40. The Kier molecular flexibility index (Phi) is 10.5. The number of hydrogen-bond donors (Lipinski definition) is 1. The van der Waals surface area contributed by atoms with Gasteiger partial charge in [0.2, 0.25) is 0 Å². The highest BCUT2D eigenvalue weighted by molar-refractivity contribution is 6.08. The third kappa shape index (κ3) is 7.21. The molecule has 276 valence electrons. The number of aromatic nitrogens is 1. The van der Waals surface area contributed by atoms with E-state index in [0.29, 0.717) is 59.1 Å². The topological polar surface area (TPSA) is 111 Å². The average Bonchev–Trinajstić information content (AvgIpc) is 3.50. The van der Waals surface area contributed by atoms with Crippen molar-refractivity contribution in [3.05, 3.63) is 136 Å². The molecule has 0 bridgehead atoms. The van der Waals surface area contributed by atoms with Crippen LogP contribution in [0.3, 0.4) is 0 Å². The fraction of sp³-hybridized carbons (Fsp3) is 0.295. The number of ether oxygens (including phenoxy) is 2. The first-order valence-corrected chi connectivity index (χ1v) is 18.3. The summed E-state index contributed by atoms with van der Waals surface area (Å²) in [7, 11) is 3.50. The van der Waals surface area contributed by atoms with Crippen LogP contribution >= 0.6 is 0 Å². The van der Waals surface area contributed by atoms with Crippen molar-refractivity contribution in [2.24, 2.45) is 7.05 Å². The fourth-order valence-electron chi connectivity index (χ4n) is 7.69. The molecule has 0 spiro atoms. The van der Waals surface area contributed by atoms with Crippen molar-refractivity contribution >= 4 is 17.5 Å². The van der Waals surface area contributed by atoms with Gasteiger partial charge in [-0.1, -0.05) is 36.4 Å². The third-order valence-electron chi connectivity index (χ3n) is 11.0. The van der Waals surface area contributed by atoms with Gasteiger partial charge in [0, 0.05) is 67.5 Å². The van der Waals surface area contributed by atoms with E-state index in [1.54, 1.807) is 54.5 Å². The van der Waals surface area contributed by atoms with Gasteiger partial charge >= 0.3 is 0 Å². The number of nitrogens with zero attached hydrogens (tertiary/aromatic N) is 5. The number of hydrogen-bond acceptors (Lipinski definition) is 7. The first-order valence-electron chi connectivity index (χ1n) is 18.3. The van der Waals surface area contributed by atoms with Gasteiger partial charge in [-0.15, -0.1) is 0 Å². The maximum atomic E-state index is 14.9. The van der Waals surface area contributed by atoms with Gasteiger partial charge in [-0.25, -0.2) is 0 Å². The van der Waals surface area contributed by atoms with Crippen LogP contribution in [0.4, 0.5) is 5.69 Å². The van der Waals surface area contributed by atoms with Crippen molar-refractivity contribution in [1.82, 2.24) is 14.4 Å². The number of phenols is 1. The number of carbonyl (C=O) groups excluding carboxylic acids is 2. The van der Waals surface area contributed by atoms with Crippen LogP contribution in [0, 0.1) is 25.2 Å². The number of phenolic OH excluding ortho intramolecular Hbond substituents is 1. The van der Waals surface area contributed by atoms with Crippen molar-refractivity contribution in [2.45, 2.75) is 39.4 Å². The van der Waals surface area contributed by atoms with Crippen molar-refractivity contribution in [2.75, 3.05) is 44.9 Å². The van der Waals surface area contributed by atoms with E-state index in [4.69, 9.17) is 9.47 Å². The Bertz CT molecular complexity index is 2230. The summed E-state index contributed by atoms with van der Waals surface area (Å²) in [5.41, 5.74) is 8.13. The molecular weight excluding hydrogens is 679 g/mol. The zero-order valence-corrected chi connectivity index (χ0v) is 31.2. The molecule has 3 heterocycles. The number of aromatic hydroxyl groups is 1. The molecule has 2 amide bonds. The zero-order chi connectivity index (χ0) is 37.9. The summed E-state index contributed by atoms with van der Waals surface area (Å²) in [6.45, 7) is 8.31. The third-order valence-corrected chi connectivity index (χ3v) is 11.0. The SMILES string of the molecule is COc1cccc(CN(C(=O)c2cc(-c3cc(C#N)ccc3C(=O)N3Cc4ccccc4CC3CN3CCOCC3)n(C)c2C)c2ccc(O)cc2)c1C. The van der Waals surface area contributed by atoms with Crippen molar-refractivity contribution < 1.29 is 24.2 Å². The predicted molar refractivity (Wildman–Crippen MR) is 208 cm³/mol. The Morgan fingerprint density at radius 2 is 1.69 bits per heavy atom. The standard InChI is InChI=1S/C44H45N5O5/c1-29-33(10-7-11-42(29)53-4)26-48(35-13-15-37(50)16-14-35)44(52)39-24-41(46(3)30(39)2)40-22-31(25-45)12-17-38(40)43(51)49-27-34-9-6-5-8-32(34)23-36(49)28-47-18-20-54-21-19-47/h5-17,22,24,36,50H,18-21,23,26-28H2,1-4H3. The van der Waals surface area contributed by atoms with E-state index < -0.39 is 0 Å². The lowest BCUT2D eigenvalue weighted by atomic mass is 9.91. The number of methoxy groups -OCH3 is 1. The fourth-order valence-corrected chi connectivity index (χ4v) is 7.69. The second-order valence-corrected chi connectivity index (χ2v) is 14.1. The first-order chi connectivity index (χ1) is 26.2. The summed E-state index contributed by atoms with van der Waals surface area (Å²) in [5, 5.41) is 20.1. The van der Waals surface area contributed by atoms with Crippen LogP contribution in [-0.4, -0.2) is 77.3 Å². The van der Waals surface area contributed by atoms with E-state index in [9.17, 15) is 20.0 Å². The summed E-state index contributed by atoms with van der Waals surface area (Å²) < 4.78 is 13.1. The number of rotatable bonds is 9. The van der Waals surface area contributed by atoms with Crippen molar-refractivity contribution in [3.8, 4) is 28.8 Å². The van der Waals surface area contributed by atoms with Crippen LogP contribution in [0.5, 0.6) is 11.5 Å². The number of morpholine rings is 1. The summed E-state index contributed by atoms with van der Waals surface area (Å²) in [5.74, 6) is 0.460. The minimum absolute atomic E-state index is 0.0554. The molecule has 7 rings (SSSR count). The van der Waals surface area contributed by atoms with E-state index >= 15 is 0 Å². The Balaban J connectivity index is 1.28. The van der Waals surface area contributed by atoms with E-state index in [1.807, 2.05) is 60.7 Å². The van der Waals surface area contributed by atoms with Crippen LogP contribution in [0.1, 0.15) is 54.2 Å². The Morgan fingerprint density at radius 3 is 2.41 bits per heavy atom. The number of benzene rings is 4. The lowest BCUT2D eigenvalue weighted by molar-refractivity contribution is 0.0193. The molecule has 1 fully saturated rings. The number of fused-ring (bicyclic) bond motifs is 1. The smallest absolute Gasteiger partial charge is 0.260 e. The predicted octanol–water partition coefficient (Wildman–Crippen LogP) is 6.64. The molecule has 0 aliphatic carbocycles. The van der Waals surface area contributed by atoms with Gasteiger partial charge in [-0.2, -0.15) is 5.26 Å².